The molecule has 0 radical (unpaired) electrons. The number of carboxylic acids is 1. The molecule has 1 atom stereocenters. The van der Waals surface area contributed by atoms with Crippen molar-refractivity contribution in [3.8, 4) is 5.75 Å². The summed E-state index contributed by atoms with van der Waals surface area (Å²) in [6.45, 7) is 2.26. The molecule has 1 saturated heterocycles. The molecule has 8 heteroatoms. The summed E-state index contributed by atoms with van der Waals surface area (Å²) in [5.74, 6) is -0.411. The normalized spacial score (nSPS) is 16.7. The molecule has 3 aromatic rings. The summed E-state index contributed by atoms with van der Waals surface area (Å²) in [7, 11) is 1.57. The second kappa shape index (κ2) is 11.5. The molecule has 0 amide bonds. The number of benzene rings is 2. The quantitative estimate of drug-likeness (QED) is 0.364. The van der Waals surface area contributed by atoms with Gasteiger partial charge in [0.05, 0.1) is 29.2 Å². The molecule has 6 nitrogen and oxygen atoms in total. The molecule has 1 aliphatic rings. The summed E-state index contributed by atoms with van der Waals surface area (Å²) in [4.78, 5) is 19.0. The van der Waals surface area contributed by atoms with Crippen LogP contribution in [0.3, 0.4) is 0 Å². The van der Waals surface area contributed by atoms with Crippen molar-refractivity contribution in [1.29, 1.82) is 0 Å². The van der Waals surface area contributed by atoms with Gasteiger partial charge >= 0.3 is 5.97 Å². The summed E-state index contributed by atoms with van der Waals surface area (Å²) in [6.07, 6.45) is 4.10. The van der Waals surface area contributed by atoms with Crippen LogP contribution in [0.25, 0.3) is 10.9 Å². The third kappa shape index (κ3) is 5.97. The zero-order valence-electron chi connectivity index (χ0n) is 20.4. The van der Waals surface area contributed by atoms with E-state index in [2.05, 4.69) is 9.88 Å². The average Bonchev–Trinajstić information content (AvgIpc) is 2.88. The number of ether oxygens (including phenoxy) is 1. The smallest absolute Gasteiger partial charge is 0.309 e. The van der Waals surface area contributed by atoms with Crippen LogP contribution in [0.2, 0.25) is 5.02 Å². The Hall–Kier alpha value is -2.74. The molecule has 1 aromatic heterocycles. The van der Waals surface area contributed by atoms with E-state index >= 15 is 0 Å². The maximum Gasteiger partial charge on any atom is 0.309 e. The van der Waals surface area contributed by atoms with Gasteiger partial charge in [-0.1, -0.05) is 23.7 Å². The van der Waals surface area contributed by atoms with Crippen molar-refractivity contribution in [2.45, 2.75) is 44.6 Å². The Balaban J connectivity index is 1.37. The van der Waals surface area contributed by atoms with Crippen LogP contribution in [-0.2, 0) is 11.2 Å². The average molecular weight is 515 g/mol. The monoisotopic (exact) mass is 514 g/mol. The van der Waals surface area contributed by atoms with Crippen LogP contribution in [0, 0.1) is 11.2 Å². The van der Waals surface area contributed by atoms with Gasteiger partial charge in [0.2, 0.25) is 0 Å². The van der Waals surface area contributed by atoms with Crippen molar-refractivity contribution in [3.63, 3.8) is 0 Å². The van der Waals surface area contributed by atoms with E-state index in [1.807, 2.05) is 6.07 Å². The summed E-state index contributed by atoms with van der Waals surface area (Å²) in [5, 5.41) is 22.3. The number of aliphatic carboxylic acids is 1. The zero-order valence-corrected chi connectivity index (χ0v) is 21.2. The highest BCUT2D eigenvalue weighted by atomic mass is 35.5. The molecule has 192 valence electrons. The lowest BCUT2D eigenvalue weighted by Gasteiger charge is -2.39. The predicted molar refractivity (Wildman–Crippen MR) is 138 cm³/mol. The molecule has 4 rings (SSSR count). The van der Waals surface area contributed by atoms with E-state index in [1.165, 1.54) is 18.3 Å². The molecule has 0 spiro atoms. The Morgan fingerprint density at radius 2 is 1.94 bits per heavy atom. The van der Waals surface area contributed by atoms with E-state index in [4.69, 9.17) is 16.3 Å². The number of carboxylic acid groups (broad SMARTS) is 1. The Labute approximate surface area is 215 Å². The third-order valence-electron chi connectivity index (χ3n) is 7.42. The van der Waals surface area contributed by atoms with Crippen LogP contribution >= 0.6 is 11.6 Å². The van der Waals surface area contributed by atoms with E-state index in [9.17, 15) is 19.4 Å². The standard InChI is InChI=1S/C28H32ClFN2O4/c1-36-21-8-9-24-22(17-21)26(23(29)18-31-24)25(33)10-11-28(27(34)35)12-15-32(16-13-28)14-2-3-19-4-6-20(30)7-5-19/h4-9,17-18,25,33H,2-3,10-16H2,1H3,(H,34,35)/t25-/m1/s1. The molecule has 0 saturated carbocycles. The van der Waals surface area contributed by atoms with Gasteiger partial charge in [-0.25, -0.2) is 4.39 Å². The van der Waals surface area contributed by atoms with Gasteiger partial charge in [0, 0.05) is 17.1 Å². The van der Waals surface area contributed by atoms with Crippen LogP contribution < -0.4 is 4.74 Å². The first-order chi connectivity index (χ1) is 17.3. The molecule has 1 aliphatic heterocycles. The van der Waals surface area contributed by atoms with E-state index in [-0.39, 0.29) is 12.2 Å². The molecule has 36 heavy (non-hydrogen) atoms. The van der Waals surface area contributed by atoms with Gasteiger partial charge in [-0.3, -0.25) is 9.78 Å². The van der Waals surface area contributed by atoms with Crippen LogP contribution in [0.4, 0.5) is 4.39 Å². The fraction of sp³-hybridized carbons (Fsp3) is 0.429. The van der Waals surface area contributed by atoms with Crippen molar-refractivity contribution < 1.29 is 24.1 Å². The lowest BCUT2D eigenvalue weighted by molar-refractivity contribution is -0.153. The number of aliphatic hydroxyl groups is 1. The Morgan fingerprint density at radius 1 is 1.22 bits per heavy atom. The molecule has 2 heterocycles. The fourth-order valence-electron chi connectivity index (χ4n) is 5.12. The molecule has 2 aromatic carbocycles. The Kier molecular flexibility index (Phi) is 8.44. The SMILES string of the molecule is COc1ccc2ncc(Cl)c([C@H](O)CCC3(C(=O)O)CCN(CCCc4ccc(F)cc4)CC3)c2c1. The second-order valence-electron chi connectivity index (χ2n) is 9.61. The summed E-state index contributed by atoms with van der Waals surface area (Å²) >= 11 is 6.43. The first kappa shape index (κ1) is 26.3. The molecule has 0 aliphatic carbocycles. The number of aliphatic hydroxyl groups excluding tert-OH is 1. The minimum atomic E-state index is -0.917. The molecular formula is C28H32ClFN2O4. The number of likely N-dealkylation sites (tertiary alicyclic amines) is 1. The lowest BCUT2D eigenvalue weighted by Crippen LogP contribution is -2.44. The topological polar surface area (TPSA) is 82.9 Å². The van der Waals surface area contributed by atoms with Gasteiger partial charge in [0.1, 0.15) is 11.6 Å². The van der Waals surface area contributed by atoms with E-state index in [1.54, 1.807) is 31.4 Å². The number of piperidine rings is 1. The van der Waals surface area contributed by atoms with Gasteiger partial charge in [-0.15, -0.1) is 0 Å². The van der Waals surface area contributed by atoms with Crippen LogP contribution in [0.5, 0.6) is 5.75 Å². The largest absolute Gasteiger partial charge is 0.497 e. The highest BCUT2D eigenvalue weighted by Crippen LogP contribution is 2.41. The van der Waals surface area contributed by atoms with Gasteiger partial charge < -0.3 is 19.8 Å². The van der Waals surface area contributed by atoms with Crippen molar-refractivity contribution in [2.24, 2.45) is 5.41 Å². The Morgan fingerprint density at radius 3 is 2.61 bits per heavy atom. The number of aromatic nitrogens is 1. The summed E-state index contributed by atoms with van der Waals surface area (Å²) in [6, 6.07) is 12.0. The van der Waals surface area contributed by atoms with Crippen LogP contribution in [0.15, 0.2) is 48.7 Å². The maximum atomic E-state index is 13.1. The van der Waals surface area contributed by atoms with Crippen molar-refractivity contribution in [2.75, 3.05) is 26.7 Å². The summed E-state index contributed by atoms with van der Waals surface area (Å²) < 4.78 is 18.4. The fourth-order valence-corrected chi connectivity index (χ4v) is 5.40. The van der Waals surface area contributed by atoms with Gasteiger partial charge in [-0.2, -0.15) is 0 Å². The number of hydrogen-bond donors (Lipinski definition) is 2. The van der Waals surface area contributed by atoms with Gasteiger partial charge in [0.15, 0.2) is 0 Å². The van der Waals surface area contributed by atoms with Crippen LogP contribution in [-0.4, -0.2) is 52.8 Å². The number of rotatable bonds is 10. The highest BCUT2D eigenvalue weighted by Gasteiger charge is 2.41. The molecule has 1 fully saturated rings. The lowest BCUT2D eigenvalue weighted by atomic mass is 9.74. The first-order valence-electron chi connectivity index (χ1n) is 12.3. The zero-order chi connectivity index (χ0) is 25.7. The Bertz CT molecular complexity index is 1200. The molecule has 0 unspecified atom stereocenters. The number of methoxy groups -OCH3 is 1. The first-order valence-corrected chi connectivity index (χ1v) is 12.7. The van der Waals surface area contributed by atoms with Gasteiger partial charge in [0.25, 0.3) is 0 Å². The minimum Gasteiger partial charge on any atom is -0.497 e. The van der Waals surface area contributed by atoms with E-state index < -0.39 is 17.5 Å². The molecule has 0 bridgehead atoms. The van der Waals surface area contributed by atoms with Crippen molar-refractivity contribution in [3.05, 3.63) is 70.6 Å². The summed E-state index contributed by atoms with van der Waals surface area (Å²) in [5.41, 5.74) is 1.47. The van der Waals surface area contributed by atoms with Crippen LogP contribution in [0.1, 0.15) is 49.3 Å². The van der Waals surface area contributed by atoms with Gasteiger partial charge in [-0.05, 0) is 94.1 Å². The second-order valence-corrected chi connectivity index (χ2v) is 10.0. The number of fused-ring (bicyclic) bond motifs is 1. The molecular weight excluding hydrogens is 483 g/mol. The van der Waals surface area contributed by atoms with E-state index in [0.717, 1.165) is 24.9 Å². The number of halogens is 2. The van der Waals surface area contributed by atoms with E-state index in [0.29, 0.717) is 59.6 Å². The number of carbonyl (C=O) groups is 1. The van der Waals surface area contributed by atoms with Crippen molar-refractivity contribution >= 4 is 28.5 Å². The number of pyridine rings is 1. The number of nitrogens with zero attached hydrogens (tertiary/aromatic N) is 2. The van der Waals surface area contributed by atoms with Crippen molar-refractivity contribution in [1.82, 2.24) is 9.88 Å². The number of hydrogen-bond acceptors (Lipinski definition) is 5. The third-order valence-corrected chi connectivity index (χ3v) is 7.72. The highest BCUT2D eigenvalue weighted by molar-refractivity contribution is 6.32. The minimum absolute atomic E-state index is 0.232. The maximum absolute atomic E-state index is 13.1. The molecule has 2 N–H and O–H groups in total. The predicted octanol–water partition coefficient (Wildman–Crippen LogP) is 5.65. The number of aryl methyl sites for hydroxylation is 1.